The maximum Gasteiger partial charge on any atom is 0.160 e. The zero-order chi connectivity index (χ0) is 31.3. The summed E-state index contributed by atoms with van der Waals surface area (Å²) in [5, 5.41) is 5.06. The highest BCUT2D eigenvalue weighted by Crippen LogP contribution is 2.51. The molecular weight excluding hydrogens is 591 g/mol. The number of rotatable bonds is 3. The van der Waals surface area contributed by atoms with Crippen molar-refractivity contribution in [2.45, 2.75) is 19.3 Å². The van der Waals surface area contributed by atoms with E-state index in [1.165, 1.54) is 53.6 Å². The zero-order valence-corrected chi connectivity index (χ0v) is 26.8. The normalized spacial score (nSPS) is 13.5. The predicted molar refractivity (Wildman–Crippen MR) is 198 cm³/mol. The van der Waals surface area contributed by atoms with Crippen LogP contribution in [-0.2, 0) is 5.41 Å². The Bertz CT molecular complexity index is 2710. The number of hydrogen-bond acceptors (Lipinski definition) is 3. The molecule has 0 fully saturated rings. The number of fused-ring (bicyclic) bond motifs is 8. The lowest BCUT2D eigenvalue weighted by Gasteiger charge is -2.34. The van der Waals surface area contributed by atoms with E-state index in [0.717, 1.165) is 39.1 Å². The van der Waals surface area contributed by atoms with E-state index in [2.05, 4.69) is 158 Å². The Hall–Kier alpha value is -5.58. The van der Waals surface area contributed by atoms with Crippen LogP contribution in [0.25, 0.3) is 81.6 Å². The number of benzene rings is 6. The Morgan fingerprint density at radius 3 is 2.17 bits per heavy atom. The molecule has 0 radical (unpaired) electrons. The molecule has 4 heterocycles. The van der Waals surface area contributed by atoms with Crippen molar-refractivity contribution in [2.75, 3.05) is 0 Å². The van der Waals surface area contributed by atoms with Crippen LogP contribution in [0.3, 0.4) is 0 Å². The molecule has 0 amide bonds. The van der Waals surface area contributed by atoms with Crippen LogP contribution in [0, 0.1) is 0 Å². The minimum atomic E-state index is -0.156. The lowest BCUT2D eigenvalue weighted by Crippen LogP contribution is -2.26. The average molecular weight is 620 g/mol. The maximum atomic E-state index is 5.32. The lowest BCUT2D eigenvalue weighted by molar-refractivity contribution is 0.630. The molecule has 3 aromatic heterocycles. The van der Waals surface area contributed by atoms with Crippen LogP contribution in [0.2, 0.25) is 0 Å². The summed E-state index contributed by atoms with van der Waals surface area (Å²) in [6, 6.07) is 50.1. The Morgan fingerprint density at radius 1 is 0.553 bits per heavy atom. The molecule has 0 atom stereocenters. The van der Waals surface area contributed by atoms with E-state index in [0.29, 0.717) is 0 Å². The highest BCUT2D eigenvalue weighted by molar-refractivity contribution is 7.25. The number of nitrogens with zero attached hydrogens (tertiary/aromatic N) is 3. The van der Waals surface area contributed by atoms with E-state index in [1.807, 2.05) is 11.3 Å². The Kier molecular flexibility index (Phi) is 5.50. The van der Waals surface area contributed by atoms with Gasteiger partial charge in [0.05, 0.1) is 22.4 Å². The SMILES string of the molecule is CC1(C)c2ccc(-c3nc(-c4cccc(-c5ccccc5)c4)nc4ccccc34)cc2-n2c3sc4ccccc4c3c3cccc1c32. The first-order valence-electron chi connectivity index (χ1n) is 16.1. The highest BCUT2D eigenvalue weighted by Gasteiger charge is 2.36. The molecule has 6 aromatic carbocycles. The molecule has 0 bridgehead atoms. The molecule has 3 nitrogen and oxygen atoms in total. The van der Waals surface area contributed by atoms with E-state index in [-0.39, 0.29) is 5.41 Å². The molecule has 9 aromatic rings. The van der Waals surface area contributed by atoms with Crippen molar-refractivity contribution in [3.63, 3.8) is 0 Å². The first-order valence-corrected chi connectivity index (χ1v) is 16.9. The van der Waals surface area contributed by atoms with Gasteiger partial charge >= 0.3 is 0 Å². The van der Waals surface area contributed by atoms with Gasteiger partial charge in [0.25, 0.3) is 0 Å². The molecule has 0 saturated heterocycles. The molecule has 1 aliphatic rings. The second kappa shape index (κ2) is 9.71. The third-order valence-electron chi connectivity index (χ3n) is 10.00. The second-order valence-corrected chi connectivity index (χ2v) is 14.1. The zero-order valence-electron chi connectivity index (χ0n) is 26.0. The number of aromatic nitrogens is 3. The van der Waals surface area contributed by atoms with Gasteiger partial charge in [-0.2, -0.15) is 0 Å². The highest BCUT2D eigenvalue weighted by atomic mass is 32.1. The predicted octanol–water partition coefficient (Wildman–Crippen LogP) is 11.6. The Morgan fingerprint density at radius 2 is 1.28 bits per heavy atom. The summed E-state index contributed by atoms with van der Waals surface area (Å²) in [5.41, 5.74) is 11.4. The fourth-order valence-corrected chi connectivity index (χ4v) is 8.94. The molecule has 47 heavy (non-hydrogen) atoms. The third kappa shape index (κ3) is 3.79. The van der Waals surface area contributed by atoms with Crippen molar-refractivity contribution >= 4 is 53.4 Å². The summed E-state index contributed by atoms with van der Waals surface area (Å²) in [5.74, 6) is 0.732. The van der Waals surface area contributed by atoms with Crippen LogP contribution >= 0.6 is 11.3 Å². The molecule has 1 aliphatic heterocycles. The van der Waals surface area contributed by atoms with Crippen molar-refractivity contribution < 1.29 is 0 Å². The summed E-state index contributed by atoms with van der Waals surface area (Å²) in [4.78, 5) is 11.7. The smallest absolute Gasteiger partial charge is 0.160 e. The summed E-state index contributed by atoms with van der Waals surface area (Å²) in [7, 11) is 0. The van der Waals surface area contributed by atoms with Crippen molar-refractivity contribution in [3.8, 4) is 39.5 Å². The van der Waals surface area contributed by atoms with Crippen molar-refractivity contribution in [3.05, 3.63) is 151 Å². The van der Waals surface area contributed by atoms with Gasteiger partial charge in [0.2, 0.25) is 0 Å². The van der Waals surface area contributed by atoms with Crippen LogP contribution < -0.4 is 0 Å². The van der Waals surface area contributed by atoms with Gasteiger partial charge in [0.1, 0.15) is 4.83 Å². The second-order valence-electron chi connectivity index (χ2n) is 13.0. The van der Waals surface area contributed by atoms with Gasteiger partial charge in [-0.1, -0.05) is 129 Å². The van der Waals surface area contributed by atoms with E-state index >= 15 is 0 Å². The molecule has 0 saturated carbocycles. The fraction of sp³-hybridized carbons (Fsp3) is 0.0698. The van der Waals surface area contributed by atoms with Crippen molar-refractivity contribution in [1.82, 2.24) is 14.5 Å². The molecule has 0 aliphatic carbocycles. The van der Waals surface area contributed by atoms with Crippen LogP contribution in [-0.4, -0.2) is 14.5 Å². The summed E-state index contributed by atoms with van der Waals surface area (Å²) >= 11 is 1.89. The monoisotopic (exact) mass is 619 g/mol. The molecular formula is C43H29N3S. The largest absolute Gasteiger partial charge is 0.300 e. The van der Waals surface area contributed by atoms with Crippen molar-refractivity contribution in [1.29, 1.82) is 0 Å². The Balaban J connectivity index is 1.23. The molecule has 0 spiro atoms. The fourth-order valence-electron chi connectivity index (χ4n) is 7.70. The molecule has 222 valence electrons. The van der Waals surface area contributed by atoms with E-state index in [1.54, 1.807) is 0 Å². The first kappa shape index (κ1) is 26.6. The van der Waals surface area contributed by atoms with E-state index in [4.69, 9.17) is 9.97 Å². The van der Waals surface area contributed by atoms with Crippen LogP contribution in [0.15, 0.2) is 140 Å². The summed E-state index contributed by atoms with van der Waals surface area (Å²) < 4.78 is 3.85. The topological polar surface area (TPSA) is 30.7 Å². The molecule has 0 unspecified atom stereocenters. The van der Waals surface area contributed by atoms with Gasteiger partial charge in [-0.05, 0) is 46.5 Å². The standard InChI is InChI=1S/C43H29N3S/c1-43(2)33-23-22-28(25-36(33)46-40-32(18-11-19-34(40)43)38-31-17-7-9-21-37(31)47-42(38)46)39-30-16-6-8-20-35(30)44-41(45-39)29-15-10-14-27(24-29)26-12-4-3-5-13-26/h3-25H,1-2H3. The van der Waals surface area contributed by atoms with Gasteiger partial charge in [-0.3, -0.25) is 0 Å². The molecule has 0 N–H and O–H groups in total. The van der Waals surface area contributed by atoms with E-state index in [9.17, 15) is 0 Å². The first-order chi connectivity index (χ1) is 23.1. The van der Waals surface area contributed by atoms with Crippen molar-refractivity contribution in [2.24, 2.45) is 0 Å². The number of para-hydroxylation sites is 2. The average Bonchev–Trinajstić information content (AvgIpc) is 3.66. The van der Waals surface area contributed by atoms with Gasteiger partial charge < -0.3 is 4.57 Å². The van der Waals surface area contributed by atoms with Crippen LogP contribution in [0.4, 0.5) is 0 Å². The third-order valence-corrected chi connectivity index (χ3v) is 11.2. The van der Waals surface area contributed by atoms with E-state index < -0.39 is 0 Å². The quantitative estimate of drug-likeness (QED) is 0.197. The summed E-state index contributed by atoms with van der Waals surface area (Å²) in [6.07, 6.45) is 0. The summed E-state index contributed by atoms with van der Waals surface area (Å²) in [6.45, 7) is 4.72. The van der Waals surface area contributed by atoms with Gasteiger partial charge in [-0.15, -0.1) is 11.3 Å². The van der Waals surface area contributed by atoms with Gasteiger partial charge in [-0.25, -0.2) is 9.97 Å². The van der Waals surface area contributed by atoms with Gasteiger partial charge in [0, 0.05) is 42.8 Å². The minimum absolute atomic E-state index is 0.156. The molecule has 10 rings (SSSR count). The minimum Gasteiger partial charge on any atom is -0.300 e. The molecule has 4 heteroatoms. The van der Waals surface area contributed by atoms with Crippen LogP contribution in [0.5, 0.6) is 0 Å². The number of thiophene rings is 1. The van der Waals surface area contributed by atoms with Crippen LogP contribution in [0.1, 0.15) is 25.0 Å². The maximum absolute atomic E-state index is 5.32. The number of hydrogen-bond donors (Lipinski definition) is 0. The lowest BCUT2D eigenvalue weighted by atomic mass is 9.74. The van der Waals surface area contributed by atoms with Gasteiger partial charge in [0.15, 0.2) is 5.82 Å². The Labute approximate surface area is 276 Å².